The van der Waals surface area contributed by atoms with Crippen molar-refractivity contribution in [3.05, 3.63) is 10.0 Å². The molecule has 0 aromatic carbocycles. The second-order valence-corrected chi connectivity index (χ2v) is 4.39. The molecule has 3 nitrogen and oxygen atoms in total. The number of ether oxygens (including phenoxy) is 1. The van der Waals surface area contributed by atoms with E-state index in [2.05, 4.69) is 4.98 Å². The maximum absolute atomic E-state index is 5.78. The molecular formula is C7H9ClN2OS2. The lowest BCUT2D eigenvalue weighted by Crippen LogP contribution is -2.07. The molecule has 0 aliphatic carbocycles. The molecule has 0 atom stereocenters. The minimum Gasteiger partial charge on any atom is -0.467 e. The molecule has 1 aromatic heterocycles. The Bertz CT molecular complexity index is 324. The molecule has 13 heavy (non-hydrogen) atoms. The molecule has 0 fully saturated rings. The fourth-order valence-electron chi connectivity index (χ4n) is 0.687. The molecule has 0 aliphatic rings. The lowest BCUT2D eigenvalue weighted by molar-refractivity contribution is 0.241. The molecule has 6 heteroatoms. The summed E-state index contributed by atoms with van der Waals surface area (Å²) in [5, 5.41) is 0.816. The van der Waals surface area contributed by atoms with E-state index in [0.717, 1.165) is 0 Å². The monoisotopic (exact) mass is 236 g/mol. The Morgan fingerprint density at radius 1 is 1.69 bits per heavy atom. The highest BCUT2D eigenvalue weighted by Gasteiger charge is 2.12. The van der Waals surface area contributed by atoms with Crippen molar-refractivity contribution in [3.63, 3.8) is 0 Å². The highest BCUT2D eigenvalue weighted by Crippen LogP contribution is 2.28. The van der Waals surface area contributed by atoms with Gasteiger partial charge in [0.25, 0.3) is 5.19 Å². The molecule has 1 rings (SSSR count). The topological polar surface area (TPSA) is 48.1 Å². The maximum Gasteiger partial charge on any atom is 0.275 e. The normalized spacial score (nSPS) is 10.5. The van der Waals surface area contributed by atoms with Crippen LogP contribution in [0, 0.1) is 0 Å². The summed E-state index contributed by atoms with van der Waals surface area (Å²) in [5.74, 6) is 0. The van der Waals surface area contributed by atoms with E-state index >= 15 is 0 Å². The Morgan fingerprint density at radius 2 is 2.31 bits per heavy atom. The number of nitrogens with zero attached hydrogens (tertiary/aromatic N) is 1. The van der Waals surface area contributed by atoms with Crippen LogP contribution < -0.4 is 10.5 Å². The van der Waals surface area contributed by atoms with Crippen molar-refractivity contribution in [2.75, 3.05) is 0 Å². The fraction of sp³-hybridized carbons (Fsp3) is 0.429. The summed E-state index contributed by atoms with van der Waals surface area (Å²) in [5.41, 5.74) is 5.42. The summed E-state index contributed by atoms with van der Waals surface area (Å²) in [6.07, 6.45) is 0.0708. The number of halogens is 1. The molecule has 1 heterocycles. The van der Waals surface area contributed by atoms with Gasteiger partial charge in [-0.25, -0.2) is 0 Å². The quantitative estimate of drug-likeness (QED) is 0.818. The highest BCUT2D eigenvalue weighted by atomic mass is 35.5. The predicted octanol–water partition coefficient (Wildman–Crippen LogP) is 2.22. The Morgan fingerprint density at radius 3 is 2.69 bits per heavy atom. The first-order valence-electron chi connectivity index (χ1n) is 3.63. The zero-order valence-electron chi connectivity index (χ0n) is 7.20. The Kier molecular flexibility index (Phi) is 3.47. The molecule has 0 saturated heterocycles. The van der Waals surface area contributed by atoms with E-state index in [0.29, 0.717) is 15.2 Å². The van der Waals surface area contributed by atoms with Gasteiger partial charge in [-0.15, -0.1) is 0 Å². The van der Waals surface area contributed by atoms with Gasteiger partial charge in [-0.3, -0.25) is 0 Å². The van der Waals surface area contributed by atoms with Gasteiger partial charge >= 0.3 is 0 Å². The number of thiocarbonyl (C=S) groups is 1. The number of thiazole rings is 1. The number of hydrogen-bond donors (Lipinski definition) is 1. The lowest BCUT2D eigenvalue weighted by atomic mass is 10.5. The summed E-state index contributed by atoms with van der Waals surface area (Å²) in [6, 6.07) is 0. The summed E-state index contributed by atoms with van der Waals surface area (Å²) in [7, 11) is 0. The van der Waals surface area contributed by atoms with Crippen molar-refractivity contribution in [2.45, 2.75) is 20.0 Å². The Balaban J connectivity index is 2.89. The first kappa shape index (κ1) is 10.7. The van der Waals surface area contributed by atoms with Crippen LogP contribution in [0.2, 0.25) is 5.15 Å². The largest absolute Gasteiger partial charge is 0.467 e. The predicted molar refractivity (Wildman–Crippen MR) is 58.8 cm³/mol. The van der Waals surface area contributed by atoms with Crippen LogP contribution in [0.15, 0.2) is 0 Å². The molecule has 72 valence electrons. The SMILES string of the molecule is CC(C)Oc1nc(Cl)c(C(N)=S)s1. The van der Waals surface area contributed by atoms with Gasteiger partial charge < -0.3 is 10.5 Å². The third kappa shape index (κ3) is 2.79. The van der Waals surface area contributed by atoms with E-state index in [-0.39, 0.29) is 11.1 Å². The zero-order valence-corrected chi connectivity index (χ0v) is 9.59. The fourth-order valence-corrected chi connectivity index (χ4v) is 2.09. The van der Waals surface area contributed by atoms with Gasteiger partial charge in [0.1, 0.15) is 9.87 Å². The van der Waals surface area contributed by atoms with Crippen LogP contribution in [-0.4, -0.2) is 16.1 Å². The first-order valence-corrected chi connectivity index (χ1v) is 5.23. The van der Waals surface area contributed by atoms with Gasteiger partial charge in [0.05, 0.1) is 6.10 Å². The number of nitrogens with two attached hydrogens (primary N) is 1. The third-order valence-corrected chi connectivity index (χ3v) is 2.82. The van der Waals surface area contributed by atoms with Crippen molar-refractivity contribution in [1.82, 2.24) is 4.98 Å². The van der Waals surface area contributed by atoms with E-state index in [1.165, 1.54) is 11.3 Å². The standard InChI is InChI=1S/C7H9ClN2OS2/c1-3(2)11-7-10-5(8)4(13-7)6(9)12/h3H,1-2H3,(H2,9,12). The van der Waals surface area contributed by atoms with Crippen molar-refractivity contribution < 1.29 is 4.74 Å². The molecule has 0 bridgehead atoms. The lowest BCUT2D eigenvalue weighted by Gasteiger charge is -2.03. The summed E-state index contributed by atoms with van der Waals surface area (Å²) < 4.78 is 5.33. The Hall–Kier alpha value is -0.390. The third-order valence-electron chi connectivity index (χ3n) is 1.13. The van der Waals surface area contributed by atoms with Crippen molar-refractivity contribution >= 4 is 40.1 Å². The summed E-state index contributed by atoms with van der Waals surface area (Å²) >= 11 is 11.8. The van der Waals surface area contributed by atoms with Crippen molar-refractivity contribution in [3.8, 4) is 5.19 Å². The van der Waals surface area contributed by atoms with E-state index in [1.807, 2.05) is 13.8 Å². The average molecular weight is 237 g/mol. The van der Waals surface area contributed by atoms with Gasteiger partial charge in [0.2, 0.25) is 0 Å². The second kappa shape index (κ2) is 4.21. The van der Waals surface area contributed by atoms with Crippen LogP contribution in [0.3, 0.4) is 0 Å². The Labute approximate surface area is 90.9 Å². The van der Waals surface area contributed by atoms with E-state index in [4.69, 9.17) is 34.3 Å². The van der Waals surface area contributed by atoms with Crippen LogP contribution >= 0.6 is 35.2 Å². The van der Waals surface area contributed by atoms with E-state index in [1.54, 1.807) is 0 Å². The molecule has 0 aliphatic heterocycles. The van der Waals surface area contributed by atoms with Gasteiger partial charge in [-0.1, -0.05) is 35.2 Å². The molecule has 2 N–H and O–H groups in total. The highest BCUT2D eigenvalue weighted by molar-refractivity contribution is 7.81. The van der Waals surface area contributed by atoms with Gasteiger partial charge in [-0.2, -0.15) is 4.98 Å². The minimum absolute atomic E-state index is 0.0708. The van der Waals surface area contributed by atoms with Crippen molar-refractivity contribution in [1.29, 1.82) is 0 Å². The molecular weight excluding hydrogens is 228 g/mol. The molecule has 0 unspecified atom stereocenters. The number of rotatable bonds is 3. The number of aromatic nitrogens is 1. The van der Waals surface area contributed by atoms with Gasteiger partial charge in [-0.05, 0) is 13.8 Å². The van der Waals surface area contributed by atoms with E-state index in [9.17, 15) is 0 Å². The van der Waals surface area contributed by atoms with E-state index < -0.39 is 0 Å². The second-order valence-electron chi connectivity index (χ2n) is 2.63. The van der Waals surface area contributed by atoms with Crippen molar-refractivity contribution in [2.24, 2.45) is 5.73 Å². The smallest absolute Gasteiger partial charge is 0.275 e. The van der Waals surface area contributed by atoms with Crippen LogP contribution in [0.5, 0.6) is 5.19 Å². The zero-order chi connectivity index (χ0) is 10.0. The minimum atomic E-state index is 0.0708. The average Bonchev–Trinajstić information content (AvgIpc) is 2.29. The van der Waals surface area contributed by atoms with Crippen LogP contribution in [0.1, 0.15) is 18.7 Å². The van der Waals surface area contributed by atoms with Gasteiger partial charge in [0, 0.05) is 0 Å². The molecule has 0 radical (unpaired) electrons. The van der Waals surface area contributed by atoms with Crippen LogP contribution in [0.4, 0.5) is 0 Å². The number of hydrogen-bond acceptors (Lipinski definition) is 4. The summed E-state index contributed by atoms with van der Waals surface area (Å²) in [4.78, 5) is 4.82. The molecule has 1 aromatic rings. The maximum atomic E-state index is 5.78. The molecule has 0 amide bonds. The summed E-state index contributed by atoms with van der Waals surface area (Å²) in [6.45, 7) is 3.82. The first-order chi connectivity index (χ1) is 6.00. The van der Waals surface area contributed by atoms with Crippen LogP contribution in [0.25, 0.3) is 0 Å². The van der Waals surface area contributed by atoms with Gasteiger partial charge in [0.15, 0.2) is 5.15 Å². The van der Waals surface area contributed by atoms with Crippen LogP contribution in [-0.2, 0) is 0 Å². The molecule has 0 spiro atoms. The molecule has 0 saturated carbocycles.